The molecule has 0 aliphatic heterocycles. The molecule has 0 spiro atoms. The first kappa shape index (κ1) is 17.9. The van der Waals surface area contributed by atoms with Gasteiger partial charge in [0.2, 0.25) is 0 Å². The summed E-state index contributed by atoms with van der Waals surface area (Å²) in [5.74, 6) is 0.799. The Labute approximate surface area is 143 Å². The number of aromatic nitrogens is 2. The third-order valence-electron chi connectivity index (χ3n) is 3.82. The summed E-state index contributed by atoms with van der Waals surface area (Å²) in [5.41, 5.74) is 2.30. The summed E-state index contributed by atoms with van der Waals surface area (Å²) >= 11 is 0. The first-order chi connectivity index (χ1) is 11.6. The van der Waals surface area contributed by atoms with Crippen molar-refractivity contribution in [2.24, 2.45) is 0 Å². The Morgan fingerprint density at radius 1 is 1.17 bits per heavy atom. The smallest absolute Gasteiger partial charge is 0.274 e. The van der Waals surface area contributed by atoms with Crippen LogP contribution in [0.1, 0.15) is 62.0 Å². The Kier molecular flexibility index (Phi) is 6.73. The molecule has 128 valence electrons. The highest BCUT2D eigenvalue weighted by atomic mass is 16.1. The Hall–Kier alpha value is -2.43. The average Bonchev–Trinajstić information content (AvgIpc) is 2.59. The van der Waals surface area contributed by atoms with Gasteiger partial charge in [0.1, 0.15) is 17.8 Å². The van der Waals surface area contributed by atoms with Gasteiger partial charge in [-0.15, -0.1) is 0 Å². The number of nitrogens with one attached hydrogen (secondary N) is 2. The van der Waals surface area contributed by atoms with Crippen molar-refractivity contribution < 1.29 is 4.79 Å². The van der Waals surface area contributed by atoms with Gasteiger partial charge < -0.3 is 10.6 Å². The second kappa shape index (κ2) is 9.01. The van der Waals surface area contributed by atoms with Crippen molar-refractivity contribution in [1.82, 2.24) is 9.97 Å². The zero-order chi connectivity index (χ0) is 17.4. The molecule has 0 fully saturated rings. The summed E-state index contributed by atoms with van der Waals surface area (Å²) in [6.07, 6.45) is 4.86. The number of para-hydroxylation sites is 1. The molecule has 0 unspecified atom stereocenters. The molecular formula is C19H26N4O. The predicted octanol–water partition coefficient (Wildman–Crippen LogP) is 4.45. The second-order valence-corrected chi connectivity index (χ2v) is 6.12. The van der Waals surface area contributed by atoms with Crippen LogP contribution in [0.15, 0.2) is 36.7 Å². The van der Waals surface area contributed by atoms with Gasteiger partial charge in [-0.3, -0.25) is 4.79 Å². The minimum absolute atomic E-state index is 0.220. The number of amides is 1. The van der Waals surface area contributed by atoms with Crippen molar-refractivity contribution in [1.29, 1.82) is 0 Å². The van der Waals surface area contributed by atoms with Gasteiger partial charge in [0.05, 0.1) is 0 Å². The Morgan fingerprint density at radius 2 is 1.96 bits per heavy atom. The molecule has 0 radical (unpaired) electrons. The van der Waals surface area contributed by atoms with Gasteiger partial charge in [-0.2, -0.15) is 0 Å². The van der Waals surface area contributed by atoms with Crippen LogP contribution in [-0.2, 0) is 0 Å². The van der Waals surface area contributed by atoms with Crippen molar-refractivity contribution in [3.63, 3.8) is 0 Å². The molecule has 24 heavy (non-hydrogen) atoms. The van der Waals surface area contributed by atoms with Crippen LogP contribution in [0.5, 0.6) is 0 Å². The largest absolute Gasteiger partial charge is 0.370 e. The number of carbonyl (C=O) groups excluding carboxylic acids is 1. The van der Waals surface area contributed by atoms with E-state index in [1.54, 1.807) is 6.07 Å². The summed E-state index contributed by atoms with van der Waals surface area (Å²) in [5, 5.41) is 6.19. The van der Waals surface area contributed by atoms with E-state index in [4.69, 9.17) is 0 Å². The van der Waals surface area contributed by atoms with Gasteiger partial charge in [-0.1, -0.05) is 51.8 Å². The number of anilines is 2. The van der Waals surface area contributed by atoms with Crippen LogP contribution < -0.4 is 10.6 Å². The Balaban J connectivity index is 2.05. The van der Waals surface area contributed by atoms with Crippen molar-refractivity contribution in [3.05, 3.63) is 47.9 Å². The number of unbranched alkanes of at least 4 members (excludes halogenated alkanes) is 2. The van der Waals surface area contributed by atoms with E-state index in [1.807, 2.05) is 24.3 Å². The predicted molar refractivity (Wildman–Crippen MR) is 98.5 cm³/mol. The highest BCUT2D eigenvalue weighted by Crippen LogP contribution is 2.24. The van der Waals surface area contributed by atoms with Gasteiger partial charge in [-0.05, 0) is 24.0 Å². The lowest BCUT2D eigenvalue weighted by Crippen LogP contribution is -2.16. The van der Waals surface area contributed by atoms with Crippen LogP contribution in [0, 0.1) is 0 Å². The number of hydrogen-bond acceptors (Lipinski definition) is 4. The summed E-state index contributed by atoms with van der Waals surface area (Å²) in [4.78, 5) is 20.7. The van der Waals surface area contributed by atoms with Gasteiger partial charge in [0.15, 0.2) is 0 Å². The molecule has 1 heterocycles. The third-order valence-corrected chi connectivity index (χ3v) is 3.82. The normalized spacial score (nSPS) is 10.7. The minimum atomic E-state index is -0.220. The van der Waals surface area contributed by atoms with Crippen molar-refractivity contribution in [3.8, 4) is 0 Å². The van der Waals surface area contributed by atoms with Crippen LogP contribution in [-0.4, -0.2) is 22.4 Å². The highest BCUT2D eigenvalue weighted by Gasteiger charge is 2.12. The average molecular weight is 326 g/mol. The number of carbonyl (C=O) groups is 1. The molecule has 0 atom stereocenters. The lowest BCUT2D eigenvalue weighted by Gasteiger charge is -2.13. The molecule has 1 amide bonds. The molecular weight excluding hydrogens is 300 g/mol. The molecule has 2 rings (SSSR count). The van der Waals surface area contributed by atoms with Gasteiger partial charge in [-0.25, -0.2) is 9.97 Å². The fourth-order valence-electron chi connectivity index (χ4n) is 2.47. The van der Waals surface area contributed by atoms with E-state index >= 15 is 0 Å². The molecule has 5 nitrogen and oxygen atoms in total. The fourth-order valence-corrected chi connectivity index (χ4v) is 2.47. The van der Waals surface area contributed by atoms with Crippen LogP contribution in [0.4, 0.5) is 11.5 Å². The first-order valence-electron chi connectivity index (χ1n) is 8.58. The lowest BCUT2D eigenvalue weighted by atomic mass is 10.0. The standard InChI is InChI=1S/C19H26N4O/c1-4-5-8-11-20-18-12-17(21-13-22-18)19(24)23-16-10-7-6-9-15(16)14(2)3/h6-7,9-10,12-14H,4-5,8,11H2,1-3H3,(H,23,24)(H,20,21,22). The quantitative estimate of drug-likeness (QED) is 0.703. The molecule has 1 aromatic carbocycles. The topological polar surface area (TPSA) is 66.9 Å². The zero-order valence-electron chi connectivity index (χ0n) is 14.7. The molecule has 0 bridgehead atoms. The lowest BCUT2D eigenvalue weighted by molar-refractivity contribution is 0.102. The maximum absolute atomic E-state index is 12.5. The Morgan fingerprint density at radius 3 is 2.71 bits per heavy atom. The maximum atomic E-state index is 12.5. The van der Waals surface area contributed by atoms with E-state index in [-0.39, 0.29) is 5.91 Å². The van der Waals surface area contributed by atoms with Crippen molar-refractivity contribution in [2.75, 3.05) is 17.2 Å². The van der Waals surface area contributed by atoms with Gasteiger partial charge in [0.25, 0.3) is 5.91 Å². The molecule has 0 saturated carbocycles. The van der Waals surface area contributed by atoms with Crippen LogP contribution in [0.3, 0.4) is 0 Å². The Bertz CT molecular complexity index is 670. The molecule has 2 N–H and O–H groups in total. The summed E-state index contributed by atoms with van der Waals surface area (Å²) in [6, 6.07) is 9.54. The summed E-state index contributed by atoms with van der Waals surface area (Å²) < 4.78 is 0. The number of hydrogen-bond donors (Lipinski definition) is 2. The summed E-state index contributed by atoms with van der Waals surface area (Å²) in [7, 11) is 0. The number of nitrogens with zero attached hydrogens (tertiary/aromatic N) is 2. The monoisotopic (exact) mass is 326 g/mol. The second-order valence-electron chi connectivity index (χ2n) is 6.12. The van der Waals surface area contributed by atoms with Crippen LogP contribution in [0.25, 0.3) is 0 Å². The summed E-state index contributed by atoms with van der Waals surface area (Å²) in [6.45, 7) is 7.23. The molecule has 0 aliphatic carbocycles. The van der Waals surface area contributed by atoms with Gasteiger partial charge in [0, 0.05) is 18.3 Å². The van der Waals surface area contributed by atoms with E-state index in [1.165, 1.54) is 19.2 Å². The fraction of sp³-hybridized carbons (Fsp3) is 0.421. The molecule has 0 aliphatic rings. The minimum Gasteiger partial charge on any atom is -0.370 e. The molecule has 5 heteroatoms. The van der Waals surface area contributed by atoms with Crippen LogP contribution in [0.2, 0.25) is 0 Å². The molecule has 0 saturated heterocycles. The number of benzene rings is 1. The zero-order valence-corrected chi connectivity index (χ0v) is 14.7. The van der Waals surface area contributed by atoms with Crippen molar-refractivity contribution in [2.45, 2.75) is 46.0 Å². The van der Waals surface area contributed by atoms with E-state index in [0.29, 0.717) is 17.4 Å². The van der Waals surface area contributed by atoms with E-state index in [0.717, 1.165) is 24.2 Å². The van der Waals surface area contributed by atoms with E-state index in [2.05, 4.69) is 41.4 Å². The van der Waals surface area contributed by atoms with Crippen molar-refractivity contribution >= 4 is 17.4 Å². The SMILES string of the molecule is CCCCCNc1cc(C(=O)Nc2ccccc2C(C)C)ncn1. The van der Waals surface area contributed by atoms with E-state index in [9.17, 15) is 4.79 Å². The molecule has 2 aromatic rings. The third kappa shape index (κ3) is 5.05. The van der Waals surface area contributed by atoms with E-state index < -0.39 is 0 Å². The number of rotatable bonds is 8. The van der Waals surface area contributed by atoms with Crippen LogP contribution >= 0.6 is 0 Å². The molecule has 1 aromatic heterocycles. The first-order valence-corrected chi connectivity index (χ1v) is 8.58. The van der Waals surface area contributed by atoms with Gasteiger partial charge >= 0.3 is 0 Å². The highest BCUT2D eigenvalue weighted by molar-refractivity contribution is 6.03. The maximum Gasteiger partial charge on any atom is 0.274 e.